The molecule has 112 valence electrons. The molecule has 2 rings (SSSR count). The van der Waals surface area contributed by atoms with Crippen molar-refractivity contribution in [3.05, 3.63) is 23.0 Å². The van der Waals surface area contributed by atoms with Crippen molar-refractivity contribution in [2.24, 2.45) is 11.1 Å². The van der Waals surface area contributed by atoms with Crippen LogP contribution in [0, 0.1) is 12.3 Å². The lowest BCUT2D eigenvalue weighted by Crippen LogP contribution is -2.31. The summed E-state index contributed by atoms with van der Waals surface area (Å²) in [6, 6.07) is 2.33. The van der Waals surface area contributed by atoms with Gasteiger partial charge in [0.2, 0.25) is 5.91 Å². The number of nitrogens with zero attached hydrogens (tertiary/aromatic N) is 2. The van der Waals surface area contributed by atoms with Crippen molar-refractivity contribution in [2.75, 3.05) is 14.1 Å². The lowest BCUT2D eigenvalue weighted by Gasteiger charge is -2.34. The van der Waals surface area contributed by atoms with Gasteiger partial charge in [0.1, 0.15) is 0 Å². The summed E-state index contributed by atoms with van der Waals surface area (Å²) in [5.74, 6) is 0.172. The van der Waals surface area contributed by atoms with E-state index in [2.05, 4.69) is 31.4 Å². The van der Waals surface area contributed by atoms with Crippen molar-refractivity contribution < 1.29 is 4.79 Å². The molecule has 0 bridgehead atoms. The summed E-state index contributed by atoms with van der Waals surface area (Å²) in [5.41, 5.74) is 10.4. The maximum absolute atomic E-state index is 11.8. The van der Waals surface area contributed by atoms with E-state index in [1.54, 1.807) is 19.0 Å². The van der Waals surface area contributed by atoms with Gasteiger partial charge in [0, 0.05) is 44.5 Å². The van der Waals surface area contributed by atoms with Crippen LogP contribution >= 0.6 is 0 Å². The third-order valence-electron chi connectivity index (χ3n) is 4.32. The fraction of sp³-hybridized carbons (Fsp3) is 0.688. The van der Waals surface area contributed by atoms with E-state index in [1.165, 1.54) is 17.0 Å². The monoisotopic (exact) mass is 277 g/mol. The Morgan fingerprint density at radius 1 is 1.50 bits per heavy atom. The van der Waals surface area contributed by atoms with Gasteiger partial charge in [-0.15, -0.1) is 0 Å². The fourth-order valence-corrected chi connectivity index (χ4v) is 3.25. The smallest absolute Gasteiger partial charge is 0.223 e. The van der Waals surface area contributed by atoms with Crippen LogP contribution in [0.25, 0.3) is 0 Å². The third kappa shape index (κ3) is 2.90. The van der Waals surface area contributed by atoms with Gasteiger partial charge in [0.05, 0.1) is 0 Å². The molecule has 1 atom stereocenters. The maximum atomic E-state index is 11.8. The second kappa shape index (κ2) is 5.24. The Morgan fingerprint density at radius 2 is 2.15 bits per heavy atom. The van der Waals surface area contributed by atoms with Gasteiger partial charge in [-0.3, -0.25) is 4.79 Å². The summed E-state index contributed by atoms with van der Waals surface area (Å²) < 4.78 is 2.29. The van der Waals surface area contributed by atoms with Gasteiger partial charge in [-0.1, -0.05) is 13.8 Å². The number of hydrogen-bond donors (Lipinski definition) is 1. The Balaban J connectivity index is 2.25. The van der Waals surface area contributed by atoms with Crippen molar-refractivity contribution in [2.45, 2.75) is 52.6 Å². The first-order valence-corrected chi connectivity index (χ1v) is 7.36. The lowest BCUT2D eigenvalue weighted by atomic mass is 9.74. The van der Waals surface area contributed by atoms with Crippen LogP contribution in [0.5, 0.6) is 0 Å². The quantitative estimate of drug-likeness (QED) is 0.921. The van der Waals surface area contributed by atoms with Crippen molar-refractivity contribution in [3.8, 4) is 0 Å². The molecule has 0 radical (unpaired) electrons. The Hall–Kier alpha value is -1.29. The summed E-state index contributed by atoms with van der Waals surface area (Å²) in [6.45, 7) is 7.40. The zero-order valence-corrected chi connectivity index (χ0v) is 13.4. The molecule has 1 aliphatic carbocycles. The molecule has 2 N–H and O–H groups in total. The zero-order chi connectivity index (χ0) is 15.1. The van der Waals surface area contributed by atoms with Crippen LogP contribution in [-0.4, -0.2) is 29.5 Å². The zero-order valence-electron chi connectivity index (χ0n) is 13.4. The standard InChI is InChI=1S/C16H27N3O/c1-11-8-12-13(17)9-16(2,3)10-14(12)19(11)7-6-15(20)18(4)5/h8,13H,6-7,9-10,17H2,1-5H3. The average molecular weight is 277 g/mol. The van der Waals surface area contributed by atoms with Crippen LogP contribution in [0.3, 0.4) is 0 Å². The molecule has 0 aromatic carbocycles. The molecular weight excluding hydrogens is 250 g/mol. The van der Waals surface area contributed by atoms with E-state index in [4.69, 9.17) is 5.73 Å². The highest BCUT2D eigenvalue weighted by Crippen LogP contribution is 2.40. The molecule has 1 aromatic heterocycles. The Labute approximate surface area is 121 Å². The molecule has 4 nitrogen and oxygen atoms in total. The summed E-state index contributed by atoms with van der Waals surface area (Å²) in [4.78, 5) is 13.5. The highest BCUT2D eigenvalue weighted by molar-refractivity contribution is 5.75. The minimum absolute atomic E-state index is 0.123. The first-order valence-electron chi connectivity index (χ1n) is 7.36. The van der Waals surface area contributed by atoms with Crippen LogP contribution in [0.15, 0.2) is 6.07 Å². The summed E-state index contributed by atoms with van der Waals surface area (Å²) in [6.07, 6.45) is 2.62. The highest BCUT2D eigenvalue weighted by atomic mass is 16.2. The Kier molecular flexibility index (Phi) is 3.96. The second-order valence-electron chi connectivity index (χ2n) is 7.03. The predicted molar refractivity (Wildman–Crippen MR) is 81.5 cm³/mol. The molecule has 0 aliphatic heterocycles. The number of hydrogen-bond acceptors (Lipinski definition) is 2. The minimum atomic E-state index is 0.123. The average Bonchev–Trinajstić information content (AvgIpc) is 2.61. The first-order chi connectivity index (χ1) is 9.21. The highest BCUT2D eigenvalue weighted by Gasteiger charge is 2.33. The number of amides is 1. The van der Waals surface area contributed by atoms with Crippen LogP contribution in [-0.2, 0) is 17.8 Å². The molecule has 0 saturated carbocycles. The molecule has 1 aliphatic rings. The number of carbonyl (C=O) groups excluding carboxylic acids is 1. The van der Waals surface area contributed by atoms with Gasteiger partial charge in [-0.2, -0.15) is 0 Å². The number of aromatic nitrogens is 1. The minimum Gasteiger partial charge on any atom is -0.349 e. The summed E-state index contributed by atoms with van der Waals surface area (Å²) >= 11 is 0. The van der Waals surface area contributed by atoms with Gasteiger partial charge in [-0.05, 0) is 36.8 Å². The van der Waals surface area contributed by atoms with E-state index in [0.717, 1.165) is 19.4 Å². The second-order valence-corrected chi connectivity index (χ2v) is 7.03. The van der Waals surface area contributed by atoms with Crippen molar-refractivity contribution >= 4 is 5.91 Å². The van der Waals surface area contributed by atoms with Crippen LogP contribution < -0.4 is 5.73 Å². The molecule has 1 aromatic rings. The van der Waals surface area contributed by atoms with Crippen molar-refractivity contribution in [1.82, 2.24) is 9.47 Å². The van der Waals surface area contributed by atoms with E-state index in [9.17, 15) is 4.79 Å². The fourth-order valence-electron chi connectivity index (χ4n) is 3.25. The van der Waals surface area contributed by atoms with Crippen LogP contribution in [0.1, 0.15) is 49.7 Å². The lowest BCUT2D eigenvalue weighted by molar-refractivity contribution is -0.128. The summed E-state index contributed by atoms with van der Waals surface area (Å²) in [7, 11) is 3.61. The SMILES string of the molecule is Cc1cc2c(n1CCC(=O)N(C)C)CC(C)(C)CC2N. The van der Waals surface area contributed by atoms with Gasteiger partial charge in [0.25, 0.3) is 0 Å². The van der Waals surface area contributed by atoms with Crippen LogP contribution in [0.4, 0.5) is 0 Å². The molecule has 0 fully saturated rings. The first kappa shape index (κ1) is 15.1. The van der Waals surface area contributed by atoms with Crippen LogP contribution in [0.2, 0.25) is 0 Å². The van der Waals surface area contributed by atoms with Gasteiger partial charge in [-0.25, -0.2) is 0 Å². The molecule has 1 unspecified atom stereocenters. The topological polar surface area (TPSA) is 51.3 Å². The Bertz CT molecular complexity index is 514. The molecule has 20 heavy (non-hydrogen) atoms. The summed E-state index contributed by atoms with van der Waals surface area (Å²) in [5, 5.41) is 0. The number of aryl methyl sites for hydroxylation is 1. The van der Waals surface area contributed by atoms with Crippen molar-refractivity contribution in [3.63, 3.8) is 0 Å². The van der Waals surface area contributed by atoms with Crippen molar-refractivity contribution in [1.29, 1.82) is 0 Å². The molecule has 1 amide bonds. The van der Waals surface area contributed by atoms with Gasteiger partial charge >= 0.3 is 0 Å². The normalized spacial score (nSPS) is 20.6. The molecule has 0 spiro atoms. The molecule has 1 heterocycles. The van der Waals surface area contributed by atoms with E-state index >= 15 is 0 Å². The third-order valence-corrected chi connectivity index (χ3v) is 4.32. The number of nitrogens with two attached hydrogens (primary N) is 1. The van der Waals surface area contributed by atoms with E-state index in [0.29, 0.717) is 6.42 Å². The maximum Gasteiger partial charge on any atom is 0.223 e. The molecular formula is C16H27N3O. The van der Waals surface area contributed by atoms with Gasteiger partial charge < -0.3 is 15.2 Å². The van der Waals surface area contributed by atoms with E-state index in [1.807, 2.05) is 0 Å². The number of fused-ring (bicyclic) bond motifs is 1. The van der Waals surface area contributed by atoms with E-state index in [-0.39, 0.29) is 17.4 Å². The number of carbonyl (C=O) groups is 1. The largest absolute Gasteiger partial charge is 0.349 e. The molecule has 0 saturated heterocycles. The molecule has 4 heteroatoms. The Morgan fingerprint density at radius 3 is 2.75 bits per heavy atom. The van der Waals surface area contributed by atoms with Gasteiger partial charge in [0.15, 0.2) is 0 Å². The number of rotatable bonds is 3. The van der Waals surface area contributed by atoms with E-state index < -0.39 is 0 Å². The predicted octanol–water partition coefficient (Wildman–Crippen LogP) is 2.25.